The van der Waals surface area contributed by atoms with E-state index in [2.05, 4.69) is 48.0 Å². The largest absolute Gasteiger partial charge is 0.508 e. The third-order valence-electron chi connectivity index (χ3n) is 12.0. The Morgan fingerprint density at radius 3 is 2.09 bits per heavy atom. The van der Waals surface area contributed by atoms with Crippen molar-refractivity contribution in [2.24, 2.45) is 10.2 Å². The molecule has 82 heavy (non-hydrogen) atoms. The van der Waals surface area contributed by atoms with Gasteiger partial charge >= 0.3 is 12.8 Å². The number of anilines is 1. The maximum Gasteiger partial charge on any atom is 0.386 e. The molecule has 4 aromatic carbocycles. The zero-order valence-electron chi connectivity index (χ0n) is 44.1. The summed E-state index contributed by atoms with van der Waals surface area (Å²) in [5.74, 6) is -4.29. The molecule has 4 atom stereocenters. The minimum absolute atomic E-state index is 0.0372. The normalized spacial score (nSPS) is 13.0. The van der Waals surface area contributed by atoms with Gasteiger partial charge in [0.2, 0.25) is 11.8 Å². The van der Waals surface area contributed by atoms with Gasteiger partial charge in [0.1, 0.15) is 23.1 Å². The number of carbonyl (C=O) groups excluding carboxylic acids is 6. The highest BCUT2D eigenvalue weighted by Crippen LogP contribution is 2.55. The molecule has 25 nitrogen and oxygen atoms in total. The Hall–Kier alpha value is -8.96. The minimum atomic E-state index is -4.27. The molecule has 0 fully saturated rings. The fraction of sp³-hybridized carbons (Fsp3) is 0.273. The van der Waals surface area contributed by atoms with Gasteiger partial charge in [-0.25, -0.2) is 9.36 Å². The van der Waals surface area contributed by atoms with Gasteiger partial charge in [-0.15, -0.1) is 6.42 Å². The number of benzene rings is 5. The highest BCUT2D eigenvalue weighted by Gasteiger charge is 2.31. The Kier molecular flexibility index (Phi) is 22.4. The molecule has 6 rings (SSSR count). The number of amides is 6. The zero-order chi connectivity index (χ0) is 59.5. The number of hydrogen-bond acceptors (Lipinski definition) is 18. The van der Waals surface area contributed by atoms with Gasteiger partial charge in [0.15, 0.2) is 17.6 Å². The van der Waals surface area contributed by atoms with Crippen LogP contribution in [0.2, 0.25) is 0 Å². The van der Waals surface area contributed by atoms with Crippen LogP contribution in [0.4, 0.5) is 17.1 Å². The standard InChI is InChI=1S/C55H58N9O16PS/c1-4-23-56-52(72)43(61-46(67)22-27-82-81(77,78)79-26-25-58-50(70)32-8-11-34(12-9-32)62-63-35-13-15-36(16-14-35)64(2)3)7-5-6-24-57-53(73)48(68)49(69)54(74)60-31-59-51(71)33-10-19-39(55(75)76)42(28-33)47-40-20-17-37(65)29-44(40)80-45-30-38(66)18-21-41(45)47/h1,8-21,28-30,43,48-49,65,68-69H,5-7,22-27,31H2,2-3H3,(H,56,72)(H,57,73)(H,58,70)(H,59,71)(H,60,74)(H,61,67)(H,75,76)(H,77,78)/b63-62+. The number of aromatic hydroxyl groups is 1. The van der Waals surface area contributed by atoms with E-state index in [0.29, 0.717) is 39.3 Å². The Balaban J connectivity index is 0.891. The third kappa shape index (κ3) is 17.8. The third-order valence-corrected chi connectivity index (χ3v) is 15.1. The van der Waals surface area contributed by atoms with Gasteiger partial charge in [-0.2, -0.15) is 10.2 Å². The molecular formula is C55H58N9O16PS. The van der Waals surface area contributed by atoms with Crippen molar-refractivity contribution in [3.05, 3.63) is 130 Å². The van der Waals surface area contributed by atoms with Crippen LogP contribution in [0.3, 0.4) is 0 Å². The number of phenolic OH excluding ortho intramolecular Hbond substituents is 1. The van der Waals surface area contributed by atoms with Gasteiger partial charge in [0.25, 0.3) is 23.6 Å². The monoisotopic (exact) mass is 1160 g/mol. The lowest BCUT2D eigenvalue weighted by Gasteiger charge is -2.19. The van der Waals surface area contributed by atoms with E-state index >= 15 is 0 Å². The van der Waals surface area contributed by atoms with Crippen LogP contribution in [0.5, 0.6) is 5.75 Å². The van der Waals surface area contributed by atoms with Crippen molar-refractivity contribution in [3.63, 3.8) is 0 Å². The predicted octanol–water partition coefficient (Wildman–Crippen LogP) is 4.17. The summed E-state index contributed by atoms with van der Waals surface area (Å²) in [5, 5.41) is 64.4. The molecule has 6 amide bonds. The van der Waals surface area contributed by atoms with E-state index in [4.69, 9.17) is 15.4 Å². The molecule has 0 saturated carbocycles. The number of unbranched alkanes of at least 4 members (excludes halogenated alkanes) is 1. The second kappa shape index (κ2) is 29.5. The van der Waals surface area contributed by atoms with Crippen LogP contribution >= 0.6 is 18.2 Å². The summed E-state index contributed by atoms with van der Waals surface area (Å²) in [7, 11) is 3.86. The number of azo groups is 1. The first kappa shape index (κ1) is 62.2. The first-order chi connectivity index (χ1) is 39.1. The van der Waals surface area contributed by atoms with Gasteiger partial charge in [-0.1, -0.05) is 5.92 Å². The van der Waals surface area contributed by atoms with Gasteiger partial charge in [-0.3, -0.25) is 38.1 Å². The molecular weight excluding hydrogens is 1110 g/mol. The smallest absolute Gasteiger partial charge is 0.386 e. The SMILES string of the molecule is C#CCNC(=O)C(CCCCNC(=O)C(O)C(O)C(=O)NCNC(=O)c1ccc(C(=O)O)c(-c2c3ccc(=O)cc-3oc3cc(O)ccc23)c1)NC(=O)CCSP(=O)(O)OCCNC(=O)c1ccc(/N=N/c2ccc(N(C)C)cc2)cc1. The lowest BCUT2D eigenvalue weighted by Crippen LogP contribution is -2.51. The second-order valence-corrected chi connectivity index (χ2v) is 22.1. The summed E-state index contributed by atoms with van der Waals surface area (Å²) in [5.41, 5.74) is 2.57. The quantitative estimate of drug-likeness (QED) is 0.00820. The first-order valence-electron chi connectivity index (χ1n) is 25.1. The van der Waals surface area contributed by atoms with Crippen LogP contribution in [0.25, 0.3) is 33.4 Å². The number of rotatable bonds is 28. The Bertz CT molecular complexity index is 3460. The molecule has 4 aromatic rings. The lowest BCUT2D eigenvalue weighted by atomic mass is 9.89. The predicted molar refractivity (Wildman–Crippen MR) is 303 cm³/mol. The molecule has 1 aliphatic heterocycles. The molecule has 0 bridgehead atoms. The average Bonchev–Trinajstić information content (AvgIpc) is 2.18. The van der Waals surface area contributed by atoms with Crippen LogP contribution in [-0.2, 0) is 28.3 Å². The number of carbonyl (C=O) groups is 7. The summed E-state index contributed by atoms with van der Waals surface area (Å²) in [6, 6.07) is 24.4. The molecule has 2 aliphatic rings. The van der Waals surface area contributed by atoms with Crippen LogP contribution < -0.4 is 42.2 Å². The van der Waals surface area contributed by atoms with Gasteiger partial charge in [-0.05, 0) is 127 Å². The number of fused-ring (bicyclic) bond motifs is 2. The van der Waals surface area contributed by atoms with Crippen molar-refractivity contribution < 1.29 is 72.4 Å². The fourth-order valence-electron chi connectivity index (χ4n) is 7.85. The number of aromatic carboxylic acids is 1. The van der Waals surface area contributed by atoms with Crippen molar-refractivity contribution >= 4 is 87.6 Å². The molecule has 11 N–H and O–H groups in total. The Morgan fingerprint density at radius 1 is 0.756 bits per heavy atom. The van der Waals surface area contributed by atoms with Crippen molar-refractivity contribution in [2.75, 3.05) is 57.7 Å². The number of carboxylic acids is 1. The van der Waals surface area contributed by atoms with Crippen LogP contribution in [-0.4, -0.2) is 138 Å². The zero-order valence-corrected chi connectivity index (χ0v) is 45.8. The minimum Gasteiger partial charge on any atom is -0.508 e. The van der Waals surface area contributed by atoms with E-state index in [-0.39, 0.29) is 97.0 Å². The van der Waals surface area contributed by atoms with Crippen LogP contribution in [0.15, 0.2) is 123 Å². The van der Waals surface area contributed by atoms with E-state index in [1.54, 1.807) is 24.3 Å². The number of phenols is 1. The summed E-state index contributed by atoms with van der Waals surface area (Å²) in [6.07, 6.45) is 0.843. The highest BCUT2D eigenvalue weighted by molar-refractivity contribution is 8.54. The number of aliphatic hydroxyl groups excluding tert-OH is 2. The molecule has 1 aliphatic carbocycles. The lowest BCUT2D eigenvalue weighted by molar-refractivity contribution is -0.146. The van der Waals surface area contributed by atoms with E-state index in [1.165, 1.54) is 54.6 Å². The maximum atomic E-state index is 13.3. The number of carboxylic acid groups (broad SMARTS) is 1. The molecule has 27 heteroatoms. The van der Waals surface area contributed by atoms with E-state index in [9.17, 15) is 68.2 Å². The Morgan fingerprint density at radius 2 is 1.41 bits per heavy atom. The summed E-state index contributed by atoms with van der Waals surface area (Å²) in [4.78, 5) is 114. The van der Waals surface area contributed by atoms with Gasteiger partial charge in [0, 0.05) is 84.8 Å². The number of hydrogen-bond donors (Lipinski definition) is 11. The summed E-state index contributed by atoms with van der Waals surface area (Å²) >= 11 is 0.474. The van der Waals surface area contributed by atoms with E-state index < -0.39 is 78.6 Å². The van der Waals surface area contributed by atoms with Gasteiger partial charge in [0.05, 0.1) is 36.8 Å². The molecule has 1 heterocycles. The number of terminal acetylenes is 1. The highest BCUT2D eigenvalue weighted by atomic mass is 32.7. The number of nitrogens with one attached hydrogen (secondary N) is 6. The van der Waals surface area contributed by atoms with Crippen molar-refractivity contribution in [3.8, 4) is 40.5 Å². The number of nitrogens with zero attached hydrogens (tertiary/aromatic N) is 3. The van der Waals surface area contributed by atoms with E-state index in [1.807, 2.05) is 43.3 Å². The molecule has 0 spiro atoms. The first-order valence-corrected chi connectivity index (χ1v) is 28.3. The topological polar surface area (TPSA) is 377 Å². The van der Waals surface area contributed by atoms with Crippen LogP contribution in [0, 0.1) is 12.3 Å². The molecule has 4 unspecified atom stereocenters. The van der Waals surface area contributed by atoms with Crippen molar-refractivity contribution in [2.45, 2.75) is 43.9 Å². The second-order valence-electron chi connectivity index (χ2n) is 18.1. The van der Waals surface area contributed by atoms with Crippen molar-refractivity contribution in [1.82, 2.24) is 31.9 Å². The fourth-order valence-corrected chi connectivity index (χ4v) is 10.2. The molecule has 0 saturated heterocycles. The molecule has 0 radical (unpaired) electrons. The van der Waals surface area contributed by atoms with Crippen LogP contribution in [0.1, 0.15) is 56.8 Å². The Labute approximate surface area is 472 Å². The maximum absolute atomic E-state index is 13.3. The van der Waals surface area contributed by atoms with Crippen molar-refractivity contribution in [1.29, 1.82) is 0 Å². The van der Waals surface area contributed by atoms with Gasteiger partial charge < -0.3 is 66.5 Å². The average molecular weight is 1160 g/mol. The molecule has 0 aromatic heterocycles. The summed E-state index contributed by atoms with van der Waals surface area (Å²) in [6.45, 7) is -5.57. The van der Waals surface area contributed by atoms with E-state index in [0.717, 1.165) is 5.69 Å². The summed E-state index contributed by atoms with van der Waals surface area (Å²) < 4.78 is 23.6. The number of aliphatic hydroxyl groups is 2. The molecule has 430 valence electrons.